The van der Waals surface area contributed by atoms with Crippen molar-refractivity contribution in [1.29, 1.82) is 0 Å². The molecule has 0 aliphatic heterocycles. The lowest BCUT2D eigenvalue weighted by atomic mass is 10.1. The van der Waals surface area contributed by atoms with Crippen LogP contribution in [0.25, 0.3) is 10.8 Å². The zero-order valence-electron chi connectivity index (χ0n) is 11.8. The Bertz CT molecular complexity index is 861. The summed E-state index contributed by atoms with van der Waals surface area (Å²) < 4.78 is 0.714. The van der Waals surface area contributed by atoms with Crippen molar-refractivity contribution in [3.63, 3.8) is 0 Å². The standard InChI is InChI=1S/C17H12BrClN2O/c1-21(17(22)14-9-12(18)10-20-16(14)19)15-8-4-6-11-5-2-3-7-13(11)15/h2-10H,1H3. The molecule has 1 amide bonds. The van der Waals surface area contributed by atoms with Crippen molar-refractivity contribution >= 4 is 49.9 Å². The molecule has 1 heterocycles. The quantitative estimate of drug-likeness (QED) is 0.595. The van der Waals surface area contributed by atoms with Gasteiger partial charge in [0, 0.05) is 23.1 Å². The molecule has 5 heteroatoms. The van der Waals surface area contributed by atoms with E-state index in [4.69, 9.17) is 11.6 Å². The molecule has 3 nitrogen and oxygen atoms in total. The Kier molecular flexibility index (Phi) is 4.14. The van der Waals surface area contributed by atoms with Gasteiger partial charge in [-0.05, 0) is 33.4 Å². The second-order valence-corrected chi connectivity index (χ2v) is 6.13. The Morgan fingerprint density at radius 2 is 1.91 bits per heavy atom. The van der Waals surface area contributed by atoms with Crippen molar-refractivity contribution < 1.29 is 4.79 Å². The monoisotopic (exact) mass is 374 g/mol. The molecule has 0 radical (unpaired) electrons. The normalized spacial score (nSPS) is 10.7. The number of halogens is 2. The fourth-order valence-corrected chi connectivity index (χ4v) is 2.88. The van der Waals surface area contributed by atoms with E-state index in [9.17, 15) is 4.79 Å². The van der Waals surface area contributed by atoms with Crippen LogP contribution in [0.15, 0.2) is 59.2 Å². The summed E-state index contributed by atoms with van der Waals surface area (Å²) in [7, 11) is 1.74. The van der Waals surface area contributed by atoms with Gasteiger partial charge in [-0.1, -0.05) is 48.0 Å². The van der Waals surface area contributed by atoms with Crippen LogP contribution in [0.2, 0.25) is 5.15 Å². The highest BCUT2D eigenvalue weighted by atomic mass is 79.9. The number of nitrogens with zero attached hydrogens (tertiary/aromatic N) is 2. The lowest BCUT2D eigenvalue weighted by molar-refractivity contribution is 0.0993. The molecule has 3 rings (SSSR count). The van der Waals surface area contributed by atoms with Gasteiger partial charge in [0.15, 0.2) is 0 Å². The predicted molar refractivity (Wildman–Crippen MR) is 93.6 cm³/mol. The molecule has 0 unspecified atom stereocenters. The molecule has 0 aliphatic rings. The minimum atomic E-state index is -0.199. The van der Waals surface area contributed by atoms with E-state index in [1.807, 2.05) is 42.5 Å². The number of fused-ring (bicyclic) bond motifs is 1. The summed E-state index contributed by atoms with van der Waals surface area (Å²) >= 11 is 9.38. The first kappa shape index (κ1) is 15.0. The molecule has 0 fully saturated rings. The van der Waals surface area contributed by atoms with E-state index in [2.05, 4.69) is 20.9 Å². The van der Waals surface area contributed by atoms with Crippen LogP contribution < -0.4 is 4.90 Å². The Balaban J connectivity index is 2.07. The Hall–Kier alpha value is -1.91. The average Bonchev–Trinajstić information content (AvgIpc) is 2.55. The SMILES string of the molecule is CN(C(=O)c1cc(Br)cnc1Cl)c1cccc2ccccc12. The maximum Gasteiger partial charge on any atom is 0.261 e. The van der Waals surface area contributed by atoms with Crippen LogP contribution in [0.3, 0.4) is 0 Å². The minimum absolute atomic E-state index is 0.195. The van der Waals surface area contributed by atoms with Gasteiger partial charge in [0.05, 0.1) is 11.3 Å². The van der Waals surface area contributed by atoms with Crippen molar-refractivity contribution in [1.82, 2.24) is 4.98 Å². The van der Waals surface area contributed by atoms with Crippen LogP contribution in [-0.2, 0) is 0 Å². The number of carbonyl (C=O) groups is 1. The number of amides is 1. The van der Waals surface area contributed by atoms with Gasteiger partial charge in [-0.2, -0.15) is 0 Å². The first-order valence-electron chi connectivity index (χ1n) is 6.65. The molecule has 0 saturated heterocycles. The van der Waals surface area contributed by atoms with E-state index >= 15 is 0 Å². The lowest BCUT2D eigenvalue weighted by Crippen LogP contribution is -2.27. The predicted octanol–water partition coefficient (Wildman–Crippen LogP) is 4.93. The Morgan fingerprint density at radius 3 is 2.73 bits per heavy atom. The van der Waals surface area contributed by atoms with Crippen molar-refractivity contribution in [3.8, 4) is 0 Å². The summed E-state index contributed by atoms with van der Waals surface area (Å²) in [6.07, 6.45) is 1.57. The van der Waals surface area contributed by atoms with Gasteiger partial charge in [-0.25, -0.2) is 4.98 Å². The van der Waals surface area contributed by atoms with E-state index in [-0.39, 0.29) is 11.1 Å². The molecule has 0 bridgehead atoms. The first-order valence-corrected chi connectivity index (χ1v) is 7.82. The van der Waals surface area contributed by atoms with Gasteiger partial charge in [0.1, 0.15) is 5.15 Å². The molecular weight excluding hydrogens is 364 g/mol. The van der Waals surface area contributed by atoms with Crippen LogP contribution in [0.4, 0.5) is 5.69 Å². The van der Waals surface area contributed by atoms with E-state index in [0.717, 1.165) is 16.5 Å². The van der Waals surface area contributed by atoms with Gasteiger partial charge in [-0.3, -0.25) is 4.79 Å². The van der Waals surface area contributed by atoms with Gasteiger partial charge < -0.3 is 4.90 Å². The van der Waals surface area contributed by atoms with Crippen LogP contribution in [-0.4, -0.2) is 17.9 Å². The third-order valence-electron chi connectivity index (χ3n) is 3.47. The Morgan fingerprint density at radius 1 is 1.18 bits per heavy atom. The van der Waals surface area contributed by atoms with E-state index in [1.54, 1.807) is 24.2 Å². The van der Waals surface area contributed by atoms with Gasteiger partial charge >= 0.3 is 0 Å². The largest absolute Gasteiger partial charge is 0.311 e. The second-order valence-electron chi connectivity index (χ2n) is 4.85. The smallest absolute Gasteiger partial charge is 0.261 e. The molecule has 110 valence electrons. The third kappa shape index (κ3) is 2.72. The van der Waals surface area contributed by atoms with E-state index in [1.165, 1.54) is 0 Å². The molecule has 0 saturated carbocycles. The molecule has 1 aromatic heterocycles. The third-order valence-corrected chi connectivity index (χ3v) is 4.20. The maximum absolute atomic E-state index is 12.7. The topological polar surface area (TPSA) is 33.2 Å². The zero-order chi connectivity index (χ0) is 15.7. The van der Waals surface area contributed by atoms with Crippen molar-refractivity contribution in [3.05, 3.63) is 69.9 Å². The lowest BCUT2D eigenvalue weighted by Gasteiger charge is -2.20. The average molecular weight is 376 g/mol. The van der Waals surface area contributed by atoms with Crippen LogP contribution in [0.1, 0.15) is 10.4 Å². The van der Waals surface area contributed by atoms with Crippen molar-refractivity contribution in [2.75, 3.05) is 11.9 Å². The molecule has 0 spiro atoms. The second kappa shape index (κ2) is 6.07. The molecule has 0 aliphatic carbocycles. The molecular formula is C17H12BrClN2O. The summed E-state index contributed by atoms with van der Waals surface area (Å²) in [5, 5.41) is 2.29. The number of rotatable bonds is 2. The summed E-state index contributed by atoms with van der Waals surface area (Å²) in [6.45, 7) is 0. The number of anilines is 1. The number of benzene rings is 2. The molecule has 2 aromatic carbocycles. The highest BCUT2D eigenvalue weighted by Gasteiger charge is 2.19. The summed E-state index contributed by atoms with van der Waals surface area (Å²) in [6, 6.07) is 15.5. The number of carbonyl (C=O) groups excluding carboxylic acids is 1. The zero-order valence-corrected chi connectivity index (χ0v) is 14.1. The summed E-state index contributed by atoms with van der Waals surface area (Å²) in [5.74, 6) is -0.199. The minimum Gasteiger partial charge on any atom is -0.311 e. The molecule has 3 aromatic rings. The van der Waals surface area contributed by atoms with Crippen LogP contribution in [0, 0.1) is 0 Å². The van der Waals surface area contributed by atoms with E-state index in [0.29, 0.717) is 10.0 Å². The number of hydrogen-bond acceptors (Lipinski definition) is 2. The Labute approximate surface area is 141 Å². The number of pyridine rings is 1. The first-order chi connectivity index (χ1) is 10.6. The number of aromatic nitrogens is 1. The van der Waals surface area contributed by atoms with Crippen molar-refractivity contribution in [2.45, 2.75) is 0 Å². The molecule has 22 heavy (non-hydrogen) atoms. The molecule has 0 N–H and O–H groups in total. The fourth-order valence-electron chi connectivity index (χ4n) is 2.36. The summed E-state index contributed by atoms with van der Waals surface area (Å²) in [4.78, 5) is 18.3. The van der Waals surface area contributed by atoms with Gasteiger partial charge in [0.25, 0.3) is 5.91 Å². The van der Waals surface area contributed by atoms with Crippen LogP contribution >= 0.6 is 27.5 Å². The maximum atomic E-state index is 12.7. The highest BCUT2D eigenvalue weighted by Crippen LogP contribution is 2.28. The van der Waals surface area contributed by atoms with Gasteiger partial charge in [-0.15, -0.1) is 0 Å². The highest BCUT2D eigenvalue weighted by molar-refractivity contribution is 9.10. The van der Waals surface area contributed by atoms with E-state index < -0.39 is 0 Å². The van der Waals surface area contributed by atoms with Crippen LogP contribution in [0.5, 0.6) is 0 Å². The van der Waals surface area contributed by atoms with Crippen molar-refractivity contribution in [2.24, 2.45) is 0 Å². The number of hydrogen-bond donors (Lipinski definition) is 0. The molecule has 0 atom stereocenters. The fraction of sp³-hybridized carbons (Fsp3) is 0.0588. The van der Waals surface area contributed by atoms with Gasteiger partial charge in [0.2, 0.25) is 0 Å². The summed E-state index contributed by atoms with van der Waals surface area (Å²) in [5.41, 5.74) is 1.20.